The standard InChI is InChI=1S/C14H14N2O3/c1-8(19-14(18)9-6-7-9)12-15-11-5-3-2-4-10(11)13(17)16-12/h2-5,8-9H,6-7H2,1H3,(H,15,16,17)/t8-/m1/s1. The molecule has 0 aliphatic heterocycles. The van der Waals surface area contributed by atoms with E-state index in [4.69, 9.17) is 4.74 Å². The lowest BCUT2D eigenvalue weighted by atomic mass is 10.2. The van der Waals surface area contributed by atoms with Crippen LogP contribution in [-0.4, -0.2) is 15.9 Å². The lowest BCUT2D eigenvalue weighted by Crippen LogP contribution is -2.18. The van der Waals surface area contributed by atoms with Crippen LogP contribution in [-0.2, 0) is 9.53 Å². The number of H-pyrrole nitrogens is 1. The summed E-state index contributed by atoms with van der Waals surface area (Å²) in [5, 5.41) is 0.534. The summed E-state index contributed by atoms with van der Waals surface area (Å²) in [4.78, 5) is 30.5. The SMILES string of the molecule is C[C@@H](OC(=O)C1CC1)c1nc2ccccc2c(=O)[nH]1. The first-order valence-electron chi connectivity index (χ1n) is 6.34. The zero-order valence-electron chi connectivity index (χ0n) is 10.6. The number of esters is 1. The average Bonchev–Trinajstić information content (AvgIpc) is 3.23. The lowest BCUT2D eigenvalue weighted by molar-refractivity contribution is -0.150. The van der Waals surface area contributed by atoms with Gasteiger partial charge < -0.3 is 9.72 Å². The molecule has 0 saturated heterocycles. The van der Waals surface area contributed by atoms with Gasteiger partial charge in [-0.2, -0.15) is 0 Å². The van der Waals surface area contributed by atoms with Crippen molar-refractivity contribution in [1.29, 1.82) is 0 Å². The highest BCUT2D eigenvalue weighted by Crippen LogP contribution is 2.31. The highest BCUT2D eigenvalue weighted by molar-refractivity contribution is 5.77. The Morgan fingerprint density at radius 1 is 1.42 bits per heavy atom. The number of aromatic amines is 1. The largest absolute Gasteiger partial charge is 0.454 e. The van der Waals surface area contributed by atoms with E-state index in [1.54, 1.807) is 25.1 Å². The second kappa shape index (κ2) is 4.50. The van der Waals surface area contributed by atoms with E-state index < -0.39 is 6.10 Å². The topological polar surface area (TPSA) is 72.0 Å². The number of ether oxygens (including phenoxy) is 1. The number of rotatable bonds is 3. The summed E-state index contributed by atoms with van der Waals surface area (Å²) < 4.78 is 5.29. The number of hydrogen-bond donors (Lipinski definition) is 1. The van der Waals surface area contributed by atoms with E-state index >= 15 is 0 Å². The molecular formula is C14H14N2O3. The van der Waals surface area contributed by atoms with Gasteiger partial charge >= 0.3 is 5.97 Å². The Kier molecular flexibility index (Phi) is 2.81. The molecule has 1 aliphatic carbocycles. The van der Waals surface area contributed by atoms with Crippen molar-refractivity contribution in [3.8, 4) is 0 Å². The Hall–Kier alpha value is -2.17. The van der Waals surface area contributed by atoms with E-state index in [1.807, 2.05) is 6.07 Å². The molecule has 0 amide bonds. The Bertz CT molecular complexity index is 688. The Labute approximate surface area is 109 Å². The summed E-state index contributed by atoms with van der Waals surface area (Å²) >= 11 is 0. The molecule has 1 atom stereocenters. The molecule has 0 spiro atoms. The van der Waals surface area contributed by atoms with Gasteiger partial charge in [0, 0.05) is 0 Å². The summed E-state index contributed by atoms with van der Waals surface area (Å²) in [6, 6.07) is 7.09. The molecular weight excluding hydrogens is 244 g/mol. The Balaban J connectivity index is 1.91. The van der Waals surface area contributed by atoms with Crippen molar-refractivity contribution in [3.63, 3.8) is 0 Å². The van der Waals surface area contributed by atoms with Gasteiger partial charge in [0.2, 0.25) is 0 Å². The third kappa shape index (κ3) is 2.36. The second-order valence-corrected chi connectivity index (χ2v) is 4.82. The molecule has 1 aromatic heterocycles. The Morgan fingerprint density at radius 2 is 2.16 bits per heavy atom. The maximum Gasteiger partial charge on any atom is 0.309 e. The monoisotopic (exact) mass is 258 g/mol. The lowest BCUT2D eigenvalue weighted by Gasteiger charge is -2.12. The zero-order valence-corrected chi connectivity index (χ0v) is 10.6. The third-order valence-corrected chi connectivity index (χ3v) is 3.22. The first kappa shape index (κ1) is 11.9. The number of nitrogens with one attached hydrogen (secondary N) is 1. The number of aromatic nitrogens is 2. The molecule has 1 fully saturated rings. The second-order valence-electron chi connectivity index (χ2n) is 4.82. The zero-order chi connectivity index (χ0) is 13.4. The number of nitrogens with zero attached hydrogens (tertiary/aromatic N) is 1. The molecule has 0 radical (unpaired) electrons. The van der Waals surface area contributed by atoms with Gasteiger partial charge in [-0.25, -0.2) is 4.98 Å². The van der Waals surface area contributed by atoms with E-state index in [-0.39, 0.29) is 17.4 Å². The molecule has 19 heavy (non-hydrogen) atoms. The molecule has 3 rings (SSSR count). The number of carbonyl (C=O) groups excluding carboxylic acids is 1. The first-order valence-corrected chi connectivity index (χ1v) is 6.34. The van der Waals surface area contributed by atoms with Gasteiger partial charge in [0.25, 0.3) is 5.56 Å². The molecule has 0 bridgehead atoms. The minimum Gasteiger partial charge on any atom is -0.454 e. The van der Waals surface area contributed by atoms with E-state index in [0.717, 1.165) is 12.8 Å². The Morgan fingerprint density at radius 3 is 2.89 bits per heavy atom. The quantitative estimate of drug-likeness (QED) is 0.854. The van der Waals surface area contributed by atoms with Crippen molar-refractivity contribution in [1.82, 2.24) is 9.97 Å². The highest BCUT2D eigenvalue weighted by Gasteiger charge is 2.32. The van der Waals surface area contributed by atoms with Crippen molar-refractivity contribution in [2.75, 3.05) is 0 Å². The van der Waals surface area contributed by atoms with Gasteiger partial charge in [-0.15, -0.1) is 0 Å². The number of hydrogen-bond acceptors (Lipinski definition) is 4. The molecule has 5 heteroatoms. The number of carbonyl (C=O) groups is 1. The van der Waals surface area contributed by atoms with Gasteiger partial charge in [-0.1, -0.05) is 12.1 Å². The fourth-order valence-corrected chi connectivity index (χ4v) is 1.94. The van der Waals surface area contributed by atoms with Gasteiger partial charge in [-0.3, -0.25) is 9.59 Å². The third-order valence-electron chi connectivity index (χ3n) is 3.22. The average molecular weight is 258 g/mol. The van der Waals surface area contributed by atoms with Crippen LogP contribution in [0, 0.1) is 5.92 Å². The van der Waals surface area contributed by atoms with Crippen LogP contribution in [0.2, 0.25) is 0 Å². The normalized spacial score (nSPS) is 16.3. The van der Waals surface area contributed by atoms with Crippen LogP contribution >= 0.6 is 0 Å². The summed E-state index contributed by atoms with van der Waals surface area (Å²) in [6.45, 7) is 1.72. The van der Waals surface area contributed by atoms with E-state index in [1.165, 1.54) is 0 Å². The molecule has 1 aromatic carbocycles. The van der Waals surface area contributed by atoms with Crippen molar-refractivity contribution < 1.29 is 9.53 Å². The fourth-order valence-electron chi connectivity index (χ4n) is 1.94. The van der Waals surface area contributed by atoms with Crippen LogP contribution in [0.15, 0.2) is 29.1 Å². The van der Waals surface area contributed by atoms with Gasteiger partial charge in [0.05, 0.1) is 16.8 Å². The maximum absolute atomic E-state index is 11.9. The predicted octanol–water partition coefficient (Wildman–Crippen LogP) is 1.94. The van der Waals surface area contributed by atoms with Gasteiger partial charge in [0.1, 0.15) is 0 Å². The first-order chi connectivity index (χ1) is 9.15. The number of para-hydroxylation sites is 1. The molecule has 1 saturated carbocycles. The molecule has 0 unspecified atom stereocenters. The van der Waals surface area contributed by atoms with E-state index in [9.17, 15) is 9.59 Å². The summed E-state index contributed by atoms with van der Waals surface area (Å²) in [6.07, 6.45) is 1.26. The number of fused-ring (bicyclic) bond motifs is 1. The summed E-state index contributed by atoms with van der Waals surface area (Å²) in [5.74, 6) is 0.218. The van der Waals surface area contributed by atoms with E-state index in [2.05, 4.69) is 9.97 Å². The van der Waals surface area contributed by atoms with Gasteiger partial charge in [-0.05, 0) is 31.9 Å². The van der Waals surface area contributed by atoms with Crippen LogP contribution in [0.1, 0.15) is 31.7 Å². The molecule has 1 N–H and O–H groups in total. The molecule has 98 valence electrons. The van der Waals surface area contributed by atoms with Crippen molar-refractivity contribution in [3.05, 3.63) is 40.4 Å². The van der Waals surface area contributed by atoms with Crippen LogP contribution in [0.5, 0.6) is 0 Å². The highest BCUT2D eigenvalue weighted by atomic mass is 16.5. The summed E-state index contributed by atoms with van der Waals surface area (Å²) in [7, 11) is 0. The maximum atomic E-state index is 11.9. The predicted molar refractivity (Wildman–Crippen MR) is 69.6 cm³/mol. The van der Waals surface area contributed by atoms with Crippen molar-refractivity contribution >= 4 is 16.9 Å². The van der Waals surface area contributed by atoms with E-state index in [0.29, 0.717) is 16.7 Å². The minimum atomic E-state index is -0.537. The van der Waals surface area contributed by atoms with Crippen LogP contribution in [0.25, 0.3) is 10.9 Å². The smallest absolute Gasteiger partial charge is 0.309 e. The molecule has 1 aliphatic rings. The minimum absolute atomic E-state index is 0.0367. The van der Waals surface area contributed by atoms with Crippen LogP contribution < -0.4 is 5.56 Å². The fraction of sp³-hybridized carbons (Fsp3) is 0.357. The molecule has 1 heterocycles. The van der Waals surface area contributed by atoms with Crippen LogP contribution in [0.4, 0.5) is 0 Å². The van der Waals surface area contributed by atoms with Crippen molar-refractivity contribution in [2.45, 2.75) is 25.9 Å². The molecule has 5 nitrogen and oxygen atoms in total. The molecule has 2 aromatic rings. The van der Waals surface area contributed by atoms with Crippen molar-refractivity contribution in [2.24, 2.45) is 5.92 Å². The van der Waals surface area contributed by atoms with Crippen LogP contribution in [0.3, 0.4) is 0 Å². The van der Waals surface area contributed by atoms with Gasteiger partial charge in [0.15, 0.2) is 11.9 Å². The number of benzene rings is 1. The summed E-state index contributed by atoms with van der Waals surface area (Å²) in [5.41, 5.74) is 0.394.